The molecule has 126 valence electrons. The summed E-state index contributed by atoms with van der Waals surface area (Å²) in [5, 5.41) is 0. The van der Waals surface area contributed by atoms with Crippen LogP contribution in [0.15, 0.2) is 46.2 Å². The molecule has 0 aromatic heterocycles. The first-order valence-corrected chi connectivity index (χ1v) is 9.22. The molecule has 0 atom stereocenters. The van der Waals surface area contributed by atoms with E-state index < -0.39 is 52.7 Å². The van der Waals surface area contributed by atoms with Crippen LogP contribution in [0.2, 0.25) is 0 Å². The van der Waals surface area contributed by atoms with E-state index in [-0.39, 0.29) is 62.5 Å². The van der Waals surface area contributed by atoms with Crippen LogP contribution in [-0.4, -0.2) is 88.9 Å². The molecular formula is C14H9KO8S2. The van der Waals surface area contributed by atoms with Crippen LogP contribution in [0.3, 0.4) is 0 Å². The van der Waals surface area contributed by atoms with Gasteiger partial charge in [-0.2, -0.15) is 16.8 Å². The Morgan fingerprint density at radius 2 is 1.00 bits per heavy atom. The van der Waals surface area contributed by atoms with Gasteiger partial charge in [-0.3, -0.25) is 18.7 Å². The standard InChI is InChI=1S/C14H8O8S2.K.H/c15-13-7-3-1-5-9(23(17,18)19)11(7)14(16)12-8(13)4-2-6-10(12)24(20,21)22;;/h1-6H,(H,17,18,19)(H,20,21,22);;. The van der Waals surface area contributed by atoms with Gasteiger partial charge in [-0.25, -0.2) is 0 Å². The SMILES string of the molecule is O=C1c2cccc(S(=O)(=O)O)c2C(=O)c2c1cccc2S(=O)(=O)O.[KH]. The van der Waals surface area contributed by atoms with Gasteiger partial charge in [0, 0.05) is 11.1 Å². The topological polar surface area (TPSA) is 143 Å². The summed E-state index contributed by atoms with van der Waals surface area (Å²) < 4.78 is 64.4. The Hall–Kier alpha value is -0.764. The van der Waals surface area contributed by atoms with Crippen molar-refractivity contribution in [3.63, 3.8) is 0 Å². The van der Waals surface area contributed by atoms with Crippen LogP contribution in [-0.2, 0) is 20.2 Å². The van der Waals surface area contributed by atoms with Gasteiger partial charge in [-0.15, -0.1) is 0 Å². The molecule has 8 nitrogen and oxygen atoms in total. The van der Waals surface area contributed by atoms with Gasteiger partial charge in [0.05, 0.1) is 11.1 Å². The van der Waals surface area contributed by atoms with Crippen molar-refractivity contribution in [1.82, 2.24) is 0 Å². The maximum absolute atomic E-state index is 12.7. The monoisotopic (exact) mass is 408 g/mol. The summed E-state index contributed by atoms with van der Waals surface area (Å²) in [6, 6.07) is 6.55. The van der Waals surface area contributed by atoms with Crippen molar-refractivity contribution in [2.75, 3.05) is 0 Å². The Labute approximate surface area is 185 Å². The Balaban J connectivity index is 0.00000225. The van der Waals surface area contributed by atoms with E-state index in [2.05, 4.69) is 0 Å². The second-order valence-electron chi connectivity index (χ2n) is 4.97. The third kappa shape index (κ3) is 3.43. The third-order valence-electron chi connectivity index (χ3n) is 3.55. The predicted octanol–water partition coefficient (Wildman–Crippen LogP) is 0.307. The summed E-state index contributed by atoms with van der Waals surface area (Å²) in [7, 11) is -9.67. The molecule has 0 saturated heterocycles. The molecule has 0 fully saturated rings. The molecule has 2 aromatic rings. The number of fused-ring (bicyclic) bond motifs is 2. The minimum absolute atomic E-state index is 0. The molecule has 1 aliphatic carbocycles. The molecule has 0 bridgehead atoms. The number of carbonyl (C=O) groups excluding carboxylic acids is 2. The molecule has 0 aliphatic heterocycles. The van der Waals surface area contributed by atoms with E-state index in [1.807, 2.05) is 0 Å². The first-order valence-electron chi connectivity index (χ1n) is 6.34. The van der Waals surface area contributed by atoms with Crippen molar-refractivity contribution in [2.24, 2.45) is 0 Å². The quantitative estimate of drug-likeness (QED) is 0.455. The maximum atomic E-state index is 12.7. The average molecular weight is 408 g/mol. The van der Waals surface area contributed by atoms with E-state index in [9.17, 15) is 35.5 Å². The number of rotatable bonds is 2. The van der Waals surface area contributed by atoms with Crippen LogP contribution < -0.4 is 0 Å². The molecule has 25 heavy (non-hydrogen) atoms. The van der Waals surface area contributed by atoms with E-state index in [0.29, 0.717) is 0 Å². The fourth-order valence-electron chi connectivity index (χ4n) is 2.61. The zero-order chi connectivity index (χ0) is 17.9. The second-order valence-corrected chi connectivity index (χ2v) is 7.75. The summed E-state index contributed by atoms with van der Waals surface area (Å²) in [5.74, 6) is -1.89. The molecule has 0 amide bonds. The molecule has 3 rings (SSSR count). The summed E-state index contributed by atoms with van der Waals surface area (Å²) in [4.78, 5) is 23.6. The van der Waals surface area contributed by atoms with E-state index in [4.69, 9.17) is 0 Å². The molecular weight excluding hydrogens is 399 g/mol. The van der Waals surface area contributed by atoms with Crippen molar-refractivity contribution in [2.45, 2.75) is 9.79 Å². The molecule has 0 saturated carbocycles. The van der Waals surface area contributed by atoms with Crippen LogP contribution >= 0.6 is 0 Å². The van der Waals surface area contributed by atoms with Gasteiger partial charge in [0.2, 0.25) is 0 Å². The Kier molecular flexibility index (Phi) is 5.55. The Morgan fingerprint density at radius 3 is 1.32 bits per heavy atom. The van der Waals surface area contributed by atoms with Crippen molar-refractivity contribution < 1.29 is 35.5 Å². The fraction of sp³-hybridized carbons (Fsp3) is 0. The van der Waals surface area contributed by atoms with Crippen LogP contribution in [0, 0.1) is 0 Å². The van der Waals surface area contributed by atoms with Gasteiger partial charge < -0.3 is 0 Å². The summed E-state index contributed by atoms with van der Waals surface area (Å²) in [6.45, 7) is 0. The zero-order valence-corrected chi connectivity index (χ0v) is 13.3. The van der Waals surface area contributed by atoms with Gasteiger partial charge in [0.25, 0.3) is 20.2 Å². The number of hydrogen-bond acceptors (Lipinski definition) is 6. The molecule has 2 aromatic carbocycles. The minimum atomic E-state index is -4.84. The number of hydrogen-bond donors (Lipinski definition) is 2. The predicted molar refractivity (Wildman–Crippen MR) is 86.5 cm³/mol. The van der Waals surface area contributed by atoms with E-state index in [0.717, 1.165) is 12.1 Å². The first-order chi connectivity index (χ1) is 11.0. The van der Waals surface area contributed by atoms with Crippen LogP contribution in [0.5, 0.6) is 0 Å². The third-order valence-corrected chi connectivity index (χ3v) is 5.34. The van der Waals surface area contributed by atoms with Crippen LogP contribution in [0.4, 0.5) is 0 Å². The summed E-state index contributed by atoms with van der Waals surface area (Å²) >= 11 is 0. The van der Waals surface area contributed by atoms with Gasteiger partial charge >= 0.3 is 51.4 Å². The van der Waals surface area contributed by atoms with Crippen LogP contribution in [0.1, 0.15) is 31.8 Å². The van der Waals surface area contributed by atoms with Crippen molar-refractivity contribution in [3.8, 4) is 0 Å². The van der Waals surface area contributed by atoms with E-state index in [1.54, 1.807) is 0 Å². The molecule has 1 aliphatic rings. The van der Waals surface area contributed by atoms with E-state index in [1.165, 1.54) is 24.3 Å². The molecule has 0 heterocycles. The fourth-order valence-corrected chi connectivity index (χ4v) is 4.03. The Morgan fingerprint density at radius 1 is 0.640 bits per heavy atom. The summed E-state index contributed by atoms with van der Waals surface area (Å²) in [5.41, 5.74) is -1.83. The van der Waals surface area contributed by atoms with Crippen molar-refractivity contribution >= 4 is 83.2 Å². The Bertz CT molecular complexity index is 1050. The number of benzene rings is 2. The van der Waals surface area contributed by atoms with Gasteiger partial charge in [-0.05, 0) is 12.1 Å². The zero-order valence-electron chi connectivity index (χ0n) is 11.6. The number of ketones is 2. The normalized spacial score (nSPS) is 13.7. The summed E-state index contributed by atoms with van der Waals surface area (Å²) in [6.07, 6.45) is 0. The first kappa shape index (κ1) is 20.5. The molecule has 11 heteroatoms. The van der Waals surface area contributed by atoms with Gasteiger partial charge in [-0.1, -0.05) is 24.3 Å². The van der Waals surface area contributed by atoms with Gasteiger partial charge in [0.1, 0.15) is 9.79 Å². The van der Waals surface area contributed by atoms with Crippen molar-refractivity contribution in [3.05, 3.63) is 58.7 Å². The van der Waals surface area contributed by atoms with Gasteiger partial charge in [0.15, 0.2) is 11.6 Å². The molecule has 0 spiro atoms. The van der Waals surface area contributed by atoms with E-state index >= 15 is 0 Å². The molecule has 0 unspecified atom stereocenters. The average Bonchev–Trinajstić information content (AvgIpc) is 2.49. The van der Waals surface area contributed by atoms with Crippen molar-refractivity contribution in [1.29, 1.82) is 0 Å². The number of carbonyl (C=O) groups is 2. The second kappa shape index (κ2) is 6.76. The van der Waals surface area contributed by atoms with Crippen LogP contribution in [0.25, 0.3) is 0 Å². The molecule has 0 radical (unpaired) electrons. The molecule has 2 N–H and O–H groups in total.